The highest BCUT2D eigenvalue weighted by molar-refractivity contribution is 9.10. The van der Waals surface area contributed by atoms with Gasteiger partial charge in [-0.3, -0.25) is 10.1 Å². The van der Waals surface area contributed by atoms with E-state index >= 15 is 0 Å². The minimum atomic E-state index is -3.08. The second-order valence-electron chi connectivity index (χ2n) is 2.38. The van der Waals surface area contributed by atoms with Gasteiger partial charge >= 0.3 is 0 Å². The number of hydrogen-bond donors (Lipinski definition) is 0. The molecule has 0 unspecified atom stereocenters. The highest BCUT2D eigenvalue weighted by Crippen LogP contribution is 2.35. The summed E-state index contributed by atoms with van der Waals surface area (Å²) >= 11 is 2.65. The van der Waals surface area contributed by atoms with Gasteiger partial charge in [0.05, 0.1) is 15.0 Å². The predicted octanol–water partition coefficient (Wildman–Crippen LogP) is 3.43. The number of nitro benzene ring substituents is 1. The van der Waals surface area contributed by atoms with Crippen molar-refractivity contribution in [3.8, 4) is 0 Å². The standard InChI is InChI=1S/C7H3BrF3NO2/c8-5-2-3(9)1-4(7(10)11)6(5)12(13)14/h1-2,7H. The minimum absolute atomic E-state index is 0.294. The fourth-order valence-electron chi connectivity index (χ4n) is 0.945. The Kier molecular flexibility index (Phi) is 3.10. The summed E-state index contributed by atoms with van der Waals surface area (Å²) in [5, 5.41) is 10.4. The molecule has 1 rings (SSSR count). The van der Waals surface area contributed by atoms with Crippen molar-refractivity contribution in [2.45, 2.75) is 6.43 Å². The Morgan fingerprint density at radius 2 is 2.00 bits per heavy atom. The third-order valence-electron chi connectivity index (χ3n) is 1.48. The van der Waals surface area contributed by atoms with Gasteiger partial charge in [-0.2, -0.15) is 0 Å². The molecule has 0 bridgehead atoms. The summed E-state index contributed by atoms with van der Waals surface area (Å²) in [7, 11) is 0. The van der Waals surface area contributed by atoms with E-state index in [0.717, 1.165) is 6.07 Å². The largest absolute Gasteiger partial charge is 0.292 e. The Labute approximate surface area is 84.8 Å². The monoisotopic (exact) mass is 269 g/mol. The van der Waals surface area contributed by atoms with Gasteiger partial charge in [0, 0.05) is 0 Å². The maximum absolute atomic E-state index is 12.6. The highest BCUT2D eigenvalue weighted by atomic mass is 79.9. The fourth-order valence-corrected chi connectivity index (χ4v) is 1.54. The molecule has 0 spiro atoms. The average molecular weight is 270 g/mol. The van der Waals surface area contributed by atoms with Crippen LogP contribution < -0.4 is 0 Å². The molecule has 0 aliphatic rings. The van der Waals surface area contributed by atoms with E-state index in [1.165, 1.54) is 0 Å². The summed E-state index contributed by atoms with van der Waals surface area (Å²) in [6.07, 6.45) is -3.08. The second kappa shape index (κ2) is 3.95. The molecule has 0 fully saturated rings. The third-order valence-corrected chi connectivity index (χ3v) is 2.08. The first kappa shape index (κ1) is 11.0. The molecule has 0 saturated carbocycles. The van der Waals surface area contributed by atoms with Gasteiger partial charge in [0.2, 0.25) is 0 Å². The van der Waals surface area contributed by atoms with E-state index in [9.17, 15) is 23.3 Å². The summed E-state index contributed by atoms with van der Waals surface area (Å²) in [5.74, 6) is -0.947. The highest BCUT2D eigenvalue weighted by Gasteiger charge is 2.25. The van der Waals surface area contributed by atoms with Gasteiger partial charge < -0.3 is 0 Å². The molecule has 0 radical (unpaired) electrons. The molecular weight excluding hydrogens is 267 g/mol. The molecule has 1 aromatic rings. The first-order valence-corrected chi connectivity index (χ1v) is 4.14. The Bertz CT molecular complexity index is 383. The molecule has 1 aromatic carbocycles. The smallest absolute Gasteiger partial charge is 0.258 e. The van der Waals surface area contributed by atoms with E-state index in [1.807, 2.05) is 0 Å². The number of hydrogen-bond acceptors (Lipinski definition) is 2. The molecule has 0 saturated heterocycles. The van der Waals surface area contributed by atoms with Crippen LogP contribution in [-0.4, -0.2) is 4.92 Å². The SMILES string of the molecule is O=[N+]([O-])c1c(Br)cc(F)cc1C(F)F. The Balaban J connectivity index is 3.44. The van der Waals surface area contributed by atoms with E-state index in [4.69, 9.17) is 0 Å². The van der Waals surface area contributed by atoms with E-state index in [0.29, 0.717) is 6.07 Å². The Morgan fingerprint density at radius 1 is 1.43 bits per heavy atom. The van der Waals surface area contributed by atoms with Gasteiger partial charge in [0.25, 0.3) is 12.1 Å². The number of halogens is 4. The molecule has 76 valence electrons. The maximum atomic E-state index is 12.6. The van der Waals surface area contributed by atoms with Gasteiger partial charge in [-0.25, -0.2) is 13.2 Å². The van der Waals surface area contributed by atoms with Crippen LogP contribution in [0.4, 0.5) is 18.9 Å². The normalized spacial score (nSPS) is 10.6. The van der Waals surface area contributed by atoms with Crippen LogP contribution in [0.1, 0.15) is 12.0 Å². The summed E-state index contributed by atoms with van der Waals surface area (Å²) in [6.45, 7) is 0. The fraction of sp³-hybridized carbons (Fsp3) is 0.143. The van der Waals surface area contributed by atoms with E-state index in [1.54, 1.807) is 0 Å². The van der Waals surface area contributed by atoms with Crippen LogP contribution in [0.3, 0.4) is 0 Å². The first-order chi connectivity index (χ1) is 6.43. The van der Waals surface area contributed by atoms with Crippen LogP contribution in [0, 0.1) is 15.9 Å². The third kappa shape index (κ3) is 2.03. The lowest BCUT2D eigenvalue weighted by atomic mass is 10.2. The van der Waals surface area contributed by atoms with Crippen LogP contribution in [0.2, 0.25) is 0 Å². The van der Waals surface area contributed by atoms with E-state index in [2.05, 4.69) is 15.9 Å². The molecule has 7 heteroatoms. The minimum Gasteiger partial charge on any atom is -0.258 e. The summed E-state index contributed by atoms with van der Waals surface area (Å²) in [4.78, 5) is 9.40. The van der Waals surface area contributed by atoms with Crippen molar-refractivity contribution < 1.29 is 18.1 Å². The Morgan fingerprint density at radius 3 is 2.43 bits per heavy atom. The van der Waals surface area contributed by atoms with Crippen LogP contribution in [0.15, 0.2) is 16.6 Å². The molecule has 14 heavy (non-hydrogen) atoms. The van der Waals surface area contributed by atoms with E-state index in [-0.39, 0.29) is 4.47 Å². The summed E-state index contributed by atoms with van der Waals surface area (Å²) in [5.41, 5.74) is -1.73. The van der Waals surface area contributed by atoms with Crippen molar-refractivity contribution in [2.75, 3.05) is 0 Å². The van der Waals surface area contributed by atoms with Crippen LogP contribution >= 0.6 is 15.9 Å². The van der Waals surface area contributed by atoms with Gasteiger partial charge in [-0.15, -0.1) is 0 Å². The lowest BCUT2D eigenvalue weighted by Crippen LogP contribution is -1.98. The molecule has 0 aromatic heterocycles. The topological polar surface area (TPSA) is 43.1 Å². The summed E-state index contributed by atoms with van der Waals surface area (Å²) < 4.78 is 36.9. The average Bonchev–Trinajstić information content (AvgIpc) is 2.01. The summed E-state index contributed by atoms with van der Waals surface area (Å²) in [6, 6.07) is 1.22. The molecule has 0 heterocycles. The van der Waals surface area contributed by atoms with Crippen LogP contribution in [0.25, 0.3) is 0 Å². The number of alkyl halides is 2. The molecular formula is C7H3BrF3NO2. The van der Waals surface area contributed by atoms with Crippen molar-refractivity contribution in [3.05, 3.63) is 38.1 Å². The molecule has 0 amide bonds. The molecule has 0 aliphatic carbocycles. The van der Waals surface area contributed by atoms with Crippen molar-refractivity contribution in [1.82, 2.24) is 0 Å². The Hall–Kier alpha value is -1.11. The van der Waals surface area contributed by atoms with Crippen LogP contribution in [0.5, 0.6) is 0 Å². The van der Waals surface area contributed by atoms with Gasteiger partial charge in [-0.05, 0) is 28.1 Å². The maximum Gasteiger partial charge on any atom is 0.292 e. The van der Waals surface area contributed by atoms with Crippen molar-refractivity contribution >= 4 is 21.6 Å². The zero-order valence-corrected chi connectivity index (χ0v) is 8.09. The molecule has 3 nitrogen and oxygen atoms in total. The number of rotatable bonds is 2. The van der Waals surface area contributed by atoms with Gasteiger partial charge in [0.1, 0.15) is 5.82 Å². The zero-order chi connectivity index (χ0) is 10.9. The predicted molar refractivity (Wildman–Crippen MR) is 45.7 cm³/mol. The number of nitrogens with zero attached hydrogens (tertiary/aromatic N) is 1. The second-order valence-corrected chi connectivity index (χ2v) is 3.24. The van der Waals surface area contributed by atoms with Gasteiger partial charge in [-0.1, -0.05) is 0 Å². The molecule has 0 atom stereocenters. The van der Waals surface area contributed by atoms with Crippen molar-refractivity contribution in [3.63, 3.8) is 0 Å². The lowest BCUT2D eigenvalue weighted by Gasteiger charge is -2.03. The van der Waals surface area contributed by atoms with Crippen molar-refractivity contribution in [1.29, 1.82) is 0 Å². The first-order valence-electron chi connectivity index (χ1n) is 3.35. The van der Waals surface area contributed by atoms with Gasteiger partial charge in [0.15, 0.2) is 0 Å². The zero-order valence-electron chi connectivity index (χ0n) is 6.51. The van der Waals surface area contributed by atoms with Crippen LogP contribution in [-0.2, 0) is 0 Å². The molecule has 0 aliphatic heterocycles. The number of benzene rings is 1. The molecule has 0 N–H and O–H groups in total. The number of nitro groups is 1. The van der Waals surface area contributed by atoms with Crippen molar-refractivity contribution in [2.24, 2.45) is 0 Å². The quantitative estimate of drug-likeness (QED) is 0.610. The van der Waals surface area contributed by atoms with E-state index < -0.39 is 28.4 Å². The lowest BCUT2D eigenvalue weighted by molar-refractivity contribution is -0.387.